The van der Waals surface area contributed by atoms with Gasteiger partial charge in [-0.15, -0.1) is 0 Å². The van der Waals surface area contributed by atoms with Gasteiger partial charge in [0.2, 0.25) is 21.8 Å². The summed E-state index contributed by atoms with van der Waals surface area (Å²) in [6, 6.07) is -0.730. The van der Waals surface area contributed by atoms with Crippen molar-refractivity contribution in [3.05, 3.63) is 0 Å². The lowest BCUT2D eigenvalue weighted by Gasteiger charge is -2.30. The lowest BCUT2D eigenvalue weighted by Crippen LogP contribution is -2.59. The first-order valence-corrected chi connectivity index (χ1v) is 7.77. The Hall–Kier alpha value is -1.48. The molecular formula is C10H15N3O5S. The average molecular weight is 289 g/mol. The van der Waals surface area contributed by atoms with E-state index in [4.69, 9.17) is 0 Å². The average Bonchev–Trinajstić information content (AvgIpc) is 3.05. The van der Waals surface area contributed by atoms with Crippen LogP contribution in [-0.4, -0.2) is 50.5 Å². The van der Waals surface area contributed by atoms with Crippen LogP contribution in [0, 0.1) is 5.41 Å². The molecule has 0 radical (unpaired) electrons. The number of imide groups is 2. The number of rotatable bonds is 5. The summed E-state index contributed by atoms with van der Waals surface area (Å²) in [5, 5.41) is 2.16. The number of urea groups is 1. The second kappa shape index (κ2) is 4.57. The Labute approximate surface area is 110 Å². The second-order valence-corrected chi connectivity index (χ2v) is 6.65. The molecule has 1 aliphatic carbocycles. The number of carbonyl (C=O) groups excluding carboxylic acids is 3. The van der Waals surface area contributed by atoms with Crippen LogP contribution in [0.15, 0.2) is 0 Å². The number of sulfonamides is 1. The van der Waals surface area contributed by atoms with E-state index >= 15 is 0 Å². The number of amides is 4. The molecule has 2 N–H and O–H groups in total. The Morgan fingerprint density at radius 3 is 2.47 bits per heavy atom. The molecule has 1 aliphatic heterocycles. The van der Waals surface area contributed by atoms with Crippen molar-refractivity contribution in [1.82, 2.24) is 14.9 Å². The highest BCUT2D eigenvalue weighted by Crippen LogP contribution is 2.48. The molecule has 8 nitrogen and oxygen atoms in total. The maximum atomic E-state index is 12.0. The summed E-state index contributed by atoms with van der Waals surface area (Å²) >= 11 is 0. The summed E-state index contributed by atoms with van der Waals surface area (Å²) < 4.78 is 24.0. The molecule has 1 spiro atoms. The second-order valence-electron chi connectivity index (χ2n) is 4.82. The molecule has 19 heavy (non-hydrogen) atoms. The van der Waals surface area contributed by atoms with E-state index in [0.29, 0.717) is 19.3 Å². The Kier molecular flexibility index (Phi) is 3.35. The first-order chi connectivity index (χ1) is 8.76. The minimum absolute atomic E-state index is 0.0855. The molecule has 1 saturated carbocycles. The Bertz CT molecular complexity index is 537. The number of carbonyl (C=O) groups is 3. The summed E-state index contributed by atoms with van der Waals surface area (Å²) in [4.78, 5) is 36.1. The van der Waals surface area contributed by atoms with E-state index in [1.165, 1.54) is 0 Å². The topological polar surface area (TPSA) is 113 Å². The van der Waals surface area contributed by atoms with Gasteiger partial charge < -0.3 is 0 Å². The largest absolute Gasteiger partial charge is 0.330 e. The molecule has 0 bridgehead atoms. The number of hydrogen-bond donors (Lipinski definition) is 2. The van der Waals surface area contributed by atoms with Gasteiger partial charge in [-0.2, -0.15) is 0 Å². The van der Waals surface area contributed by atoms with Crippen LogP contribution < -0.4 is 10.0 Å². The molecule has 2 fully saturated rings. The van der Waals surface area contributed by atoms with Gasteiger partial charge in [0, 0.05) is 13.1 Å². The zero-order valence-corrected chi connectivity index (χ0v) is 11.2. The molecule has 0 aromatic rings. The van der Waals surface area contributed by atoms with E-state index in [9.17, 15) is 22.8 Å². The first kappa shape index (κ1) is 13.9. The van der Waals surface area contributed by atoms with E-state index in [2.05, 4.69) is 10.0 Å². The van der Waals surface area contributed by atoms with Crippen molar-refractivity contribution in [3.63, 3.8) is 0 Å². The van der Waals surface area contributed by atoms with E-state index < -0.39 is 33.3 Å². The normalized spacial score (nSPS) is 21.7. The molecule has 106 valence electrons. The molecule has 0 atom stereocenters. The quantitative estimate of drug-likeness (QED) is 0.487. The number of barbiturate groups is 1. The van der Waals surface area contributed by atoms with Crippen LogP contribution in [0.25, 0.3) is 0 Å². The fourth-order valence-electron chi connectivity index (χ4n) is 2.00. The number of nitrogens with zero attached hydrogens (tertiary/aromatic N) is 1. The van der Waals surface area contributed by atoms with Gasteiger partial charge >= 0.3 is 6.03 Å². The lowest BCUT2D eigenvalue weighted by molar-refractivity contribution is -0.144. The molecule has 0 unspecified atom stereocenters. The van der Waals surface area contributed by atoms with Crippen LogP contribution in [0.2, 0.25) is 0 Å². The third-order valence-corrected chi connectivity index (χ3v) is 3.96. The van der Waals surface area contributed by atoms with E-state index in [0.717, 1.165) is 11.2 Å². The standard InChI is InChI=1S/C10H15N3O5S/c1-19(17,18)11-5-2-6-13-8(15)10(3-4-10)7(14)12-9(13)16/h11H,2-6H2,1H3,(H,12,14,16). The van der Waals surface area contributed by atoms with Gasteiger partial charge in [-0.3, -0.25) is 19.8 Å². The van der Waals surface area contributed by atoms with Gasteiger partial charge in [-0.1, -0.05) is 0 Å². The fraction of sp³-hybridized carbons (Fsp3) is 0.700. The third kappa shape index (κ3) is 2.76. The lowest BCUT2D eigenvalue weighted by atomic mass is 10.0. The smallest absolute Gasteiger partial charge is 0.277 e. The van der Waals surface area contributed by atoms with E-state index in [1.54, 1.807) is 0 Å². The van der Waals surface area contributed by atoms with E-state index in [1.807, 2.05) is 0 Å². The van der Waals surface area contributed by atoms with Crippen LogP contribution >= 0.6 is 0 Å². The zero-order chi connectivity index (χ0) is 14.3. The Balaban J connectivity index is 1.91. The van der Waals surface area contributed by atoms with Crippen molar-refractivity contribution < 1.29 is 22.8 Å². The Morgan fingerprint density at radius 2 is 1.95 bits per heavy atom. The van der Waals surface area contributed by atoms with Crippen molar-refractivity contribution in [2.75, 3.05) is 19.3 Å². The van der Waals surface area contributed by atoms with Gasteiger partial charge in [0.05, 0.1) is 6.26 Å². The van der Waals surface area contributed by atoms with Gasteiger partial charge in [-0.25, -0.2) is 17.9 Å². The molecule has 2 aliphatic rings. The molecule has 1 saturated heterocycles. The molecular weight excluding hydrogens is 274 g/mol. The van der Waals surface area contributed by atoms with Crippen LogP contribution in [0.5, 0.6) is 0 Å². The minimum atomic E-state index is -3.28. The van der Waals surface area contributed by atoms with Crippen molar-refractivity contribution in [2.24, 2.45) is 5.41 Å². The van der Waals surface area contributed by atoms with Gasteiger partial charge in [-0.05, 0) is 19.3 Å². The summed E-state index contributed by atoms with van der Waals surface area (Å²) in [5.74, 6) is -0.992. The van der Waals surface area contributed by atoms with Gasteiger partial charge in [0.25, 0.3) is 0 Å². The SMILES string of the molecule is CS(=O)(=O)NCCCN1C(=O)NC(=O)C2(CC2)C1=O. The predicted molar refractivity (Wildman–Crippen MR) is 64.4 cm³/mol. The first-order valence-electron chi connectivity index (χ1n) is 5.88. The molecule has 1 heterocycles. The maximum Gasteiger partial charge on any atom is 0.330 e. The van der Waals surface area contributed by atoms with Gasteiger partial charge in [0.1, 0.15) is 5.41 Å². The number of hydrogen-bond acceptors (Lipinski definition) is 5. The summed E-state index contributed by atoms with van der Waals surface area (Å²) in [7, 11) is -3.28. The van der Waals surface area contributed by atoms with Crippen LogP contribution in [0.1, 0.15) is 19.3 Å². The van der Waals surface area contributed by atoms with Crippen molar-refractivity contribution in [3.8, 4) is 0 Å². The zero-order valence-electron chi connectivity index (χ0n) is 10.4. The monoisotopic (exact) mass is 289 g/mol. The highest BCUT2D eigenvalue weighted by atomic mass is 32.2. The predicted octanol–water partition coefficient (Wildman–Crippen LogP) is -1.22. The maximum absolute atomic E-state index is 12.0. The van der Waals surface area contributed by atoms with E-state index in [-0.39, 0.29) is 13.1 Å². The minimum Gasteiger partial charge on any atom is -0.277 e. The van der Waals surface area contributed by atoms with Gasteiger partial charge in [0.15, 0.2) is 0 Å². The summed E-state index contributed by atoms with van der Waals surface area (Å²) in [6.45, 7) is 0.221. The van der Waals surface area contributed by atoms with Crippen molar-refractivity contribution >= 4 is 27.9 Å². The van der Waals surface area contributed by atoms with Crippen LogP contribution in [0.4, 0.5) is 4.79 Å². The van der Waals surface area contributed by atoms with Crippen molar-refractivity contribution in [1.29, 1.82) is 0 Å². The third-order valence-electron chi connectivity index (χ3n) is 3.23. The molecule has 2 rings (SSSR count). The van der Waals surface area contributed by atoms with Crippen molar-refractivity contribution in [2.45, 2.75) is 19.3 Å². The number of nitrogens with one attached hydrogen (secondary N) is 2. The molecule has 0 aromatic carbocycles. The highest BCUT2D eigenvalue weighted by Gasteiger charge is 2.61. The molecule has 9 heteroatoms. The fourth-order valence-corrected chi connectivity index (χ4v) is 2.51. The van der Waals surface area contributed by atoms with Crippen LogP contribution in [0.3, 0.4) is 0 Å². The highest BCUT2D eigenvalue weighted by molar-refractivity contribution is 7.88. The molecule has 4 amide bonds. The van der Waals surface area contributed by atoms with Crippen LogP contribution in [-0.2, 0) is 19.6 Å². The summed E-state index contributed by atoms with van der Waals surface area (Å²) in [5.41, 5.74) is -1.04. The molecule has 0 aromatic heterocycles. The Morgan fingerprint density at radius 1 is 1.32 bits per heavy atom. The summed E-state index contributed by atoms with van der Waals surface area (Å²) in [6.07, 6.45) is 2.26.